The van der Waals surface area contributed by atoms with Crippen LogP contribution in [0, 0.1) is 0 Å². The Hall–Kier alpha value is -1.11. The smallest absolute Gasteiger partial charge is 0.218 e. The third-order valence-electron chi connectivity index (χ3n) is 3.08. The number of aliphatic hydroxyl groups is 1. The monoisotopic (exact) mass is 270 g/mol. The lowest BCUT2D eigenvalue weighted by Gasteiger charge is -2.29. The summed E-state index contributed by atoms with van der Waals surface area (Å²) in [6.45, 7) is 0.700. The van der Waals surface area contributed by atoms with Gasteiger partial charge in [0.1, 0.15) is 0 Å². The number of hydrogen-bond acceptors (Lipinski definition) is 4. The van der Waals surface area contributed by atoms with Gasteiger partial charge >= 0.3 is 0 Å². The van der Waals surface area contributed by atoms with Gasteiger partial charge in [0.2, 0.25) is 10.0 Å². The molecule has 2 rings (SSSR count). The van der Waals surface area contributed by atoms with Crippen molar-refractivity contribution in [1.82, 2.24) is 4.31 Å². The lowest BCUT2D eigenvalue weighted by molar-refractivity contribution is 0.108. The van der Waals surface area contributed by atoms with Crippen molar-refractivity contribution in [3.63, 3.8) is 0 Å². The van der Waals surface area contributed by atoms with E-state index in [-0.39, 0.29) is 12.3 Å². The summed E-state index contributed by atoms with van der Waals surface area (Å²) in [5.74, 6) is -0.0417. The van der Waals surface area contributed by atoms with Gasteiger partial charge in [-0.05, 0) is 30.5 Å². The first-order valence-electron chi connectivity index (χ1n) is 5.98. The van der Waals surface area contributed by atoms with Crippen LogP contribution in [0.25, 0.3) is 0 Å². The molecular weight excluding hydrogens is 252 g/mol. The van der Waals surface area contributed by atoms with E-state index in [4.69, 9.17) is 5.73 Å². The zero-order valence-electron chi connectivity index (χ0n) is 10.1. The first-order valence-corrected chi connectivity index (χ1v) is 7.58. The van der Waals surface area contributed by atoms with Gasteiger partial charge in [-0.2, -0.15) is 4.31 Å². The number of benzene rings is 1. The highest BCUT2D eigenvalue weighted by Crippen LogP contribution is 2.18. The Morgan fingerprint density at radius 3 is 2.61 bits per heavy atom. The number of sulfonamides is 1. The molecular formula is C12H18N2O3S. The summed E-state index contributed by atoms with van der Waals surface area (Å²) in [7, 11) is -3.35. The summed E-state index contributed by atoms with van der Waals surface area (Å²) in [6, 6.07) is 6.81. The van der Waals surface area contributed by atoms with Crippen LogP contribution in [0.4, 0.5) is 5.69 Å². The highest BCUT2D eigenvalue weighted by atomic mass is 32.2. The van der Waals surface area contributed by atoms with Crippen LogP contribution in [0.3, 0.4) is 0 Å². The maximum Gasteiger partial charge on any atom is 0.218 e. The molecule has 1 atom stereocenters. The normalized spacial score (nSPS) is 21.9. The molecule has 0 saturated carbocycles. The number of hydrogen-bond donors (Lipinski definition) is 2. The number of nitrogens with two attached hydrogens (primary N) is 1. The maximum atomic E-state index is 12.2. The zero-order chi connectivity index (χ0) is 13.2. The van der Waals surface area contributed by atoms with E-state index < -0.39 is 16.1 Å². The molecule has 0 spiro atoms. The second-order valence-electron chi connectivity index (χ2n) is 4.65. The van der Waals surface area contributed by atoms with Gasteiger partial charge in [0.05, 0.1) is 11.9 Å². The van der Waals surface area contributed by atoms with Crippen LogP contribution >= 0.6 is 0 Å². The number of piperidine rings is 1. The molecule has 100 valence electrons. The van der Waals surface area contributed by atoms with Crippen molar-refractivity contribution in [1.29, 1.82) is 0 Å². The Kier molecular flexibility index (Phi) is 3.89. The second-order valence-corrected chi connectivity index (χ2v) is 6.62. The van der Waals surface area contributed by atoms with E-state index in [0.717, 1.165) is 0 Å². The summed E-state index contributed by atoms with van der Waals surface area (Å²) in [5.41, 5.74) is 6.89. The zero-order valence-corrected chi connectivity index (χ0v) is 10.9. The average molecular weight is 270 g/mol. The second kappa shape index (κ2) is 5.26. The molecule has 1 aliphatic rings. The van der Waals surface area contributed by atoms with E-state index in [1.165, 1.54) is 4.31 Å². The molecule has 0 aliphatic carbocycles. The molecule has 5 nitrogen and oxygen atoms in total. The lowest BCUT2D eigenvalue weighted by atomic mass is 10.1. The molecule has 1 heterocycles. The van der Waals surface area contributed by atoms with E-state index in [9.17, 15) is 13.5 Å². The molecule has 3 N–H and O–H groups in total. The summed E-state index contributed by atoms with van der Waals surface area (Å²) < 4.78 is 25.7. The molecule has 1 saturated heterocycles. The van der Waals surface area contributed by atoms with Crippen molar-refractivity contribution in [3.05, 3.63) is 29.8 Å². The predicted molar refractivity (Wildman–Crippen MR) is 70.3 cm³/mol. The van der Waals surface area contributed by atoms with Gasteiger partial charge in [-0.15, -0.1) is 0 Å². The van der Waals surface area contributed by atoms with Crippen LogP contribution in [-0.2, 0) is 15.8 Å². The number of anilines is 1. The fraction of sp³-hybridized carbons (Fsp3) is 0.500. The van der Waals surface area contributed by atoms with E-state index in [0.29, 0.717) is 30.6 Å². The molecule has 0 amide bonds. The first-order chi connectivity index (χ1) is 8.47. The predicted octanol–water partition coefficient (Wildman–Crippen LogP) is 0.555. The minimum atomic E-state index is -3.35. The van der Waals surface area contributed by atoms with Crippen LogP contribution in [0.1, 0.15) is 18.4 Å². The maximum absolute atomic E-state index is 12.2. The SMILES string of the molecule is Nc1ccc(CS(=O)(=O)N2CCCC(O)C2)cc1. The molecule has 18 heavy (non-hydrogen) atoms. The largest absolute Gasteiger partial charge is 0.399 e. The summed E-state index contributed by atoms with van der Waals surface area (Å²) in [5, 5.41) is 9.52. The van der Waals surface area contributed by atoms with Gasteiger partial charge < -0.3 is 10.8 Å². The van der Waals surface area contributed by atoms with E-state index >= 15 is 0 Å². The standard InChI is InChI=1S/C12H18N2O3S/c13-11-5-3-10(4-6-11)9-18(16,17)14-7-1-2-12(15)8-14/h3-6,12,15H,1-2,7-9,13H2. The number of aliphatic hydroxyl groups excluding tert-OH is 1. The van der Waals surface area contributed by atoms with Crippen molar-refractivity contribution < 1.29 is 13.5 Å². The summed E-state index contributed by atoms with van der Waals surface area (Å²) >= 11 is 0. The fourth-order valence-electron chi connectivity index (χ4n) is 2.09. The third-order valence-corrected chi connectivity index (χ3v) is 4.90. The first kappa shape index (κ1) is 13.3. The Balaban J connectivity index is 2.09. The van der Waals surface area contributed by atoms with Crippen molar-refractivity contribution in [2.75, 3.05) is 18.8 Å². The van der Waals surface area contributed by atoms with Crippen molar-refractivity contribution in [2.45, 2.75) is 24.7 Å². The van der Waals surface area contributed by atoms with Crippen LogP contribution in [0.15, 0.2) is 24.3 Å². The lowest BCUT2D eigenvalue weighted by Crippen LogP contribution is -2.42. The highest BCUT2D eigenvalue weighted by Gasteiger charge is 2.27. The Morgan fingerprint density at radius 2 is 2.00 bits per heavy atom. The topological polar surface area (TPSA) is 83.6 Å². The van der Waals surface area contributed by atoms with Gasteiger partial charge in [0.25, 0.3) is 0 Å². The molecule has 1 aromatic rings. The van der Waals surface area contributed by atoms with Gasteiger partial charge in [-0.1, -0.05) is 12.1 Å². The molecule has 0 bridgehead atoms. The Bertz CT molecular complexity index is 499. The van der Waals surface area contributed by atoms with E-state index in [1.54, 1.807) is 24.3 Å². The summed E-state index contributed by atoms with van der Waals surface area (Å²) in [4.78, 5) is 0. The minimum Gasteiger partial charge on any atom is -0.399 e. The molecule has 0 radical (unpaired) electrons. The third kappa shape index (κ3) is 3.22. The molecule has 1 fully saturated rings. The molecule has 1 aromatic carbocycles. The molecule has 1 aliphatic heterocycles. The van der Waals surface area contributed by atoms with Crippen molar-refractivity contribution >= 4 is 15.7 Å². The molecule has 0 aromatic heterocycles. The number of nitrogens with zero attached hydrogens (tertiary/aromatic N) is 1. The van der Waals surface area contributed by atoms with Crippen LogP contribution in [-0.4, -0.2) is 37.0 Å². The average Bonchev–Trinajstić information content (AvgIpc) is 2.32. The van der Waals surface area contributed by atoms with Crippen molar-refractivity contribution in [2.24, 2.45) is 0 Å². The molecule has 6 heteroatoms. The Labute approximate surface area is 107 Å². The van der Waals surface area contributed by atoms with Gasteiger partial charge in [-0.3, -0.25) is 0 Å². The highest BCUT2D eigenvalue weighted by molar-refractivity contribution is 7.88. The van der Waals surface area contributed by atoms with Gasteiger partial charge in [0.15, 0.2) is 0 Å². The molecule has 1 unspecified atom stereocenters. The van der Waals surface area contributed by atoms with Gasteiger partial charge in [0, 0.05) is 18.8 Å². The number of nitrogen functional groups attached to an aromatic ring is 1. The number of rotatable bonds is 3. The van der Waals surface area contributed by atoms with Crippen LogP contribution < -0.4 is 5.73 Å². The fourth-order valence-corrected chi connectivity index (χ4v) is 3.69. The number of β-amino-alcohol motifs (C(OH)–C–C–N with tert-alkyl or cyclic N) is 1. The Morgan fingerprint density at radius 1 is 1.33 bits per heavy atom. The van der Waals surface area contributed by atoms with Crippen LogP contribution in [0.5, 0.6) is 0 Å². The van der Waals surface area contributed by atoms with E-state index in [1.807, 2.05) is 0 Å². The minimum absolute atomic E-state index is 0.0417. The van der Waals surface area contributed by atoms with Crippen molar-refractivity contribution in [3.8, 4) is 0 Å². The summed E-state index contributed by atoms with van der Waals surface area (Å²) in [6.07, 6.45) is 0.843. The van der Waals surface area contributed by atoms with Gasteiger partial charge in [-0.25, -0.2) is 8.42 Å². The van der Waals surface area contributed by atoms with E-state index in [2.05, 4.69) is 0 Å². The van der Waals surface area contributed by atoms with Crippen LogP contribution in [0.2, 0.25) is 0 Å². The quantitative estimate of drug-likeness (QED) is 0.786.